The predicted octanol–water partition coefficient (Wildman–Crippen LogP) is 1.24. The van der Waals surface area contributed by atoms with Crippen LogP contribution in [0.2, 0.25) is 0 Å². The molecule has 0 aliphatic carbocycles. The molecule has 1 aromatic heterocycles. The van der Waals surface area contributed by atoms with Crippen molar-refractivity contribution in [3.63, 3.8) is 0 Å². The first-order chi connectivity index (χ1) is 7.77. The van der Waals surface area contributed by atoms with Crippen LogP contribution in [0.25, 0.3) is 6.08 Å². The standard InChI is InChI=1S/C12H12N2O2/c15-11-2-1-9-14(11)12(16)4-3-10-5-7-13-8-6-10/h3-8H,1-2,9H2. The Morgan fingerprint density at radius 3 is 2.75 bits per heavy atom. The lowest BCUT2D eigenvalue weighted by atomic mass is 10.2. The largest absolute Gasteiger partial charge is 0.279 e. The van der Waals surface area contributed by atoms with Crippen LogP contribution < -0.4 is 0 Å². The number of nitrogens with zero attached hydrogens (tertiary/aromatic N) is 2. The Balaban J connectivity index is 2.02. The molecule has 0 saturated carbocycles. The molecule has 0 bridgehead atoms. The van der Waals surface area contributed by atoms with Crippen molar-refractivity contribution in [1.29, 1.82) is 0 Å². The fourth-order valence-corrected chi connectivity index (χ4v) is 1.61. The molecule has 0 N–H and O–H groups in total. The minimum atomic E-state index is -0.237. The second kappa shape index (κ2) is 4.70. The second-order valence-corrected chi connectivity index (χ2v) is 3.60. The van der Waals surface area contributed by atoms with E-state index in [-0.39, 0.29) is 11.8 Å². The van der Waals surface area contributed by atoms with E-state index in [0.29, 0.717) is 13.0 Å². The number of rotatable bonds is 2. The number of pyridine rings is 1. The molecule has 2 amide bonds. The zero-order valence-corrected chi connectivity index (χ0v) is 8.80. The van der Waals surface area contributed by atoms with Gasteiger partial charge in [-0.3, -0.25) is 19.5 Å². The lowest BCUT2D eigenvalue weighted by Crippen LogP contribution is -2.30. The van der Waals surface area contributed by atoms with E-state index in [0.717, 1.165) is 12.0 Å². The van der Waals surface area contributed by atoms with Gasteiger partial charge in [0.05, 0.1) is 0 Å². The second-order valence-electron chi connectivity index (χ2n) is 3.60. The fraction of sp³-hybridized carbons (Fsp3) is 0.250. The van der Waals surface area contributed by atoms with Crippen LogP contribution in [0.15, 0.2) is 30.6 Å². The van der Waals surface area contributed by atoms with E-state index in [1.54, 1.807) is 30.6 Å². The Morgan fingerprint density at radius 2 is 2.12 bits per heavy atom. The highest BCUT2D eigenvalue weighted by Gasteiger charge is 2.24. The first kappa shape index (κ1) is 10.5. The molecule has 1 aliphatic heterocycles. The monoisotopic (exact) mass is 216 g/mol. The first-order valence-electron chi connectivity index (χ1n) is 5.20. The van der Waals surface area contributed by atoms with E-state index < -0.39 is 0 Å². The molecule has 0 radical (unpaired) electrons. The summed E-state index contributed by atoms with van der Waals surface area (Å²) < 4.78 is 0. The van der Waals surface area contributed by atoms with Gasteiger partial charge in [-0.2, -0.15) is 0 Å². The smallest absolute Gasteiger partial charge is 0.253 e. The summed E-state index contributed by atoms with van der Waals surface area (Å²) in [6.45, 7) is 0.540. The number of likely N-dealkylation sites (tertiary alicyclic amines) is 1. The van der Waals surface area contributed by atoms with Crippen molar-refractivity contribution >= 4 is 17.9 Å². The lowest BCUT2D eigenvalue weighted by Gasteiger charge is -2.09. The predicted molar refractivity (Wildman–Crippen MR) is 59.2 cm³/mol. The van der Waals surface area contributed by atoms with Gasteiger partial charge < -0.3 is 0 Å². The first-order valence-corrected chi connectivity index (χ1v) is 5.20. The molecule has 1 saturated heterocycles. The van der Waals surface area contributed by atoms with E-state index in [2.05, 4.69) is 4.98 Å². The molecule has 1 aliphatic rings. The highest BCUT2D eigenvalue weighted by atomic mass is 16.2. The van der Waals surface area contributed by atoms with E-state index in [9.17, 15) is 9.59 Å². The highest BCUT2D eigenvalue weighted by molar-refractivity contribution is 6.03. The maximum atomic E-state index is 11.6. The van der Waals surface area contributed by atoms with Gasteiger partial charge in [0.2, 0.25) is 5.91 Å². The molecule has 2 heterocycles. The fourth-order valence-electron chi connectivity index (χ4n) is 1.61. The molecule has 2 rings (SSSR count). The summed E-state index contributed by atoms with van der Waals surface area (Å²) in [5.74, 6) is -0.316. The highest BCUT2D eigenvalue weighted by Crippen LogP contribution is 2.10. The maximum absolute atomic E-state index is 11.6. The number of carbonyl (C=O) groups is 2. The average molecular weight is 216 g/mol. The Bertz CT molecular complexity index is 426. The van der Waals surface area contributed by atoms with Gasteiger partial charge >= 0.3 is 0 Å². The molecule has 4 heteroatoms. The van der Waals surface area contributed by atoms with Gasteiger partial charge in [-0.15, -0.1) is 0 Å². The van der Waals surface area contributed by atoms with Gasteiger partial charge in [-0.05, 0) is 30.2 Å². The molecular formula is C12H12N2O2. The van der Waals surface area contributed by atoms with Crippen molar-refractivity contribution in [3.8, 4) is 0 Å². The Morgan fingerprint density at radius 1 is 1.38 bits per heavy atom. The third-order valence-corrected chi connectivity index (χ3v) is 2.46. The van der Waals surface area contributed by atoms with Crippen molar-refractivity contribution in [2.75, 3.05) is 6.54 Å². The Labute approximate surface area is 93.6 Å². The topological polar surface area (TPSA) is 50.3 Å². The molecule has 1 fully saturated rings. The van der Waals surface area contributed by atoms with Gasteiger partial charge in [-0.25, -0.2) is 0 Å². The summed E-state index contributed by atoms with van der Waals surface area (Å²) in [5.41, 5.74) is 0.898. The van der Waals surface area contributed by atoms with E-state index in [1.165, 1.54) is 11.0 Å². The van der Waals surface area contributed by atoms with Crippen molar-refractivity contribution in [3.05, 3.63) is 36.2 Å². The van der Waals surface area contributed by atoms with Crippen molar-refractivity contribution < 1.29 is 9.59 Å². The Kier molecular flexibility index (Phi) is 3.10. The molecule has 1 aromatic rings. The van der Waals surface area contributed by atoms with E-state index >= 15 is 0 Å². The number of hydrogen-bond donors (Lipinski definition) is 0. The van der Waals surface area contributed by atoms with Crippen LogP contribution in [-0.2, 0) is 9.59 Å². The maximum Gasteiger partial charge on any atom is 0.253 e. The third kappa shape index (κ3) is 2.34. The van der Waals surface area contributed by atoms with Crippen molar-refractivity contribution in [1.82, 2.24) is 9.88 Å². The molecule has 0 unspecified atom stereocenters. The van der Waals surface area contributed by atoms with Crippen LogP contribution in [-0.4, -0.2) is 28.2 Å². The summed E-state index contributed by atoms with van der Waals surface area (Å²) in [7, 11) is 0. The van der Waals surface area contributed by atoms with Gasteiger partial charge in [0.15, 0.2) is 0 Å². The van der Waals surface area contributed by atoms with Crippen LogP contribution in [0.3, 0.4) is 0 Å². The molecule has 0 spiro atoms. The SMILES string of the molecule is O=C(C=Cc1ccncc1)N1CCCC1=O. The third-order valence-electron chi connectivity index (χ3n) is 2.46. The Hall–Kier alpha value is -1.97. The number of hydrogen-bond acceptors (Lipinski definition) is 3. The minimum Gasteiger partial charge on any atom is -0.279 e. The molecule has 82 valence electrons. The lowest BCUT2D eigenvalue weighted by molar-refractivity contribution is -0.138. The van der Waals surface area contributed by atoms with Gasteiger partial charge in [-0.1, -0.05) is 0 Å². The average Bonchev–Trinajstić information content (AvgIpc) is 2.74. The number of aromatic nitrogens is 1. The summed E-state index contributed by atoms with van der Waals surface area (Å²) in [5, 5.41) is 0. The number of imide groups is 1. The summed E-state index contributed by atoms with van der Waals surface area (Å²) >= 11 is 0. The van der Waals surface area contributed by atoms with Crippen LogP contribution in [0.4, 0.5) is 0 Å². The van der Waals surface area contributed by atoms with E-state index in [4.69, 9.17) is 0 Å². The summed E-state index contributed by atoms with van der Waals surface area (Å²) in [6.07, 6.45) is 7.69. The van der Waals surface area contributed by atoms with Crippen LogP contribution in [0, 0.1) is 0 Å². The molecule has 4 nitrogen and oxygen atoms in total. The summed E-state index contributed by atoms with van der Waals surface area (Å²) in [6, 6.07) is 3.60. The van der Waals surface area contributed by atoms with Gasteiger partial charge in [0.1, 0.15) is 0 Å². The molecule has 16 heavy (non-hydrogen) atoms. The van der Waals surface area contributed by atoms with Crippen LogP contribution in [0.5, 0.6) is 0 Å². The molecule has 0 aromatic carbocycles. The van der Waals surface area contributed by atoms with Crippen molar-refractivity contribution in [2.45, 2.75) is 12.8 Å². The molecule has 0 atom stereocenters. The van der Waals surface area contributed by atoms with Gasteiger partial charge in [0.25, 0.3) is 5.91 Å². The van der Waals surface area contributed by atoms with Crippen LogP contribution in [0.1, 0.15) is 18.4 Å². The van der Waals surface area contributed by atoms with Crippen molar-refractivity contribution in [2.24, 2.45) is 0 Å². The van der Waals surface area contributed by atoms with E-state index in [1.807, 2.05) is 0 Å². The quantitative estimate of drug-likeness (QED) is 0.699. The zero-order valence-electron chi connectivity index (χ0n) is 8.80. The number of carbonyl (C=O) groups excluding carboxylic acids is 2. The number of amides is 2. The van der Waals surface area contributed by atoms with Gasteiger partial charge in [0, 0.05) is 31.4 Å². The summed E-state index contributed by atoms with van der Waals surface area (Å²) in [4.78, 5) is 28.1. The normalized spacial score (nSPS) is 16.0. The minimum absolute atomic E-state index is 0.0793. The zero-order chi connectivity index (χ0) is 11.4. The van der Waals surface area contributed by atoms with Crippen LogP contribution >= 0.6 is 0 Å². The molecular weight excluding hydrogens is 204 g/mol.